The Hall–Kier alpha value is -4.39. The largest absolute Gasteiger partial charge is 0.375 e. The van der Waals surface area contributed by atoms with Crippen LogP contribution in [0, 0.1) is 13.8 Å². The van der Waals surface area contributed by atoms with Gasteiger partial charge in [0.2, 0.25) is 0 Å². The van der Waals surface area contributed by atoms with E-state index in [-0.39, 0.29) is 0 Å². The van der Waals surface area contributed by atoms with Crippen LogP contribution in [0.5, 0.6) is 0 Å². The molecule has 7 nitrogen and oxygen atoms in total. The maximum absolute atomic E-state index is 13.4. The van der Waals surface area contributed by atoms with Crippen molar-refractivity contribution in [3.05, 3.63) is 95.4 Å². The molecule has 0 bridgehead atoms. The molecule has 3 heterocycles. The van der Waals surface area contributed by atoms with Crippen molar-refractivity contribution in [2.45, 2.75) is 39.7 Å². The quantitative estimate of drug-likeness (QED) is 0.202. The number of hydrogen-bond acceptors (Lipinski definition) is 5. The molecule has 0 spiro atoms. The fourth-order valence-corrected chi connectivity index (χ4v) is 5.46. The van der Waals surface area contributed by atoms with Gasteiger partial charge in [0.05, 0.1) is 0 Å². The van der Waals surface area contributed by atoms with Crippen molar-refractivity contribution < 1.29 is 9.59 Å². The van der Waals surface area contributed by atoms with Crippen molar-refractivity contribution in [1.29, 1.82) is 0 Å². The van der Waals surface area contributed by atoms with Gasteiger partial charge in [-0.05, 0) is 86.7 Å². The number of hydrogen-bond donors (Lipinski definition) is 1. The molecule has 0 saturated carbocycles. The van der Waals surface area contributed by atoms with E-state index < -0.39 is 11.7 Å². The first-order valence-corrected chi connectivity index (χ1v) is 13.9. The van der Waals surface area contributed by atoms with Gasteiger partial charge in [-0.25, -0.2) is 4.98 Å². The number of nitrogens with one attached hydrogen (secondary N) is 1. The van der Waals surface area contributed by atoms with Crippen LogP contribution in [-0.4, -0.2) is 48.4 Å². The summed E-state index contributed by atoms with van der Waals surface area (Å²) < 4.78 is 2.01. The van der Waals surface area contributed by atoms with Gasteiger partial charge in [-0.2, -0.15) is 0 Å². The highest BCUT2D eigenvalue weighted by Gasteiger charge is 2.29. The van der Waals surface area contributed by atoms with Gasteiger partial charge in [0.15, 0.2) is 0 Å². The van der Waals surface area contributed by atoms with Crippen molar-refractivity contribution >= 4 is 28.9 Å². The minimum absolute atomic E-state index is 0.480. The summed E-state index contributed by atoms with van der Waals surface area (Å²) >= 11 is 0. The molecule has 2 aromatic heterocycles. The Morgan fingerprint density at radius 3 is 2.38 bits per heavy atom. The average molecular weight is 536 g/mol. The molecule has 0 aliphatic carbocycles. The fourth-order valence-electron chi connectivity index (χ4n) is 5.46. The number of benzene rings is 2. The predicted molar refractivity (Wildman–Crippen MR) is 162 cm³/mol. The number of nitrogens with zero attached hydrogens (tertiary/aromatic N) is 4. The maximum atomic E-state index is 13.4. The second kappa shape index (κ2) is 11.8. The zero-order valence-electron chi connectivity index (χ0n) is 23.8. The van der Waals surface area contributed by atoms with Crippen molar-refractivity contribution in [1.82, 2.24) is 9.55 Å². The molecular formula is C33H37N5O2. The van der Waals surface area contributed by atoms with Crippen LogP contribution in [0.4, 0.5) is 17.2 Å². The van der Waals surface area contributed by atoms with Crippen LogP contribution in [0.25, 0.3) is 11.1 Å². The predicted octanol–water partition coefficient (Wildman–Crippen LogP) is 5.90. The highest BCUT2D eigenvalue weighted by atomic mass is 16.2. The van der Waals surface area contributed by atoms with E-state index in [9.17, 15) is 9.59 Å². The van der Waals surface area contributed by atoms with E-state index in [1.54, 1.807) is 0 Å². The molecule has 4 aromatic rings. The third-order valence-corrected chi connectivity index (χ3v) is 7.53. The second-order valence-corrected chi connectivity index (χ2v) is 10.7. The van der Waals surface area contributed by atoms with Crippen LogP contribution >= 0.6 is 0 Å². The number of anilines is 3. The van der Waals surface area contributed by atoms with Gasteiger partial charge in [0.25, 0.3) is 11.7 Å². The zero-order chi connectivity index (χ0) is 28.2. The molecule has 0 radical (unpaired) electrons. The third-order valence-electron chi connectivity index (χ3n) is 7.53. The summed E-state index contributed by atoms with van der Waals surface area (Å²) in [7, 11) is 4.13. The van der Waals surface area contributed by atoms with Crippen molar-refractivity contribution in [2.75, 3.05) is 42.3 Å². The van der Waals surface area contributed by atoms with Crippen LogP contribution in [0.15, 0.2) is 72.8 Å². The number of rotatable bonds is 10. The Kier molecular flexibility index (Phi) is 8.01. The number of aromatic nitrogens is 2. The first-order valence-electron chi connectivity index (χ1n) is 13.9. The van der Waals surface area contributed by atoms with E-state index in [1.807, 2.05) is 66.1 Å². The Morgan fingerprint density at radius 2 is 1.65 bits per heavy atom. The van der Waals surface area contributed by atoms with Gasteiger partial charge < -0.3 is 19.7 Å². The van der Waals surface area contributed by atoms with E-state index in [4.69, 9.17) is 0 Å². The van der Waals surface area contributed by atoms with Gasteiger partial charge in [-0.15, -0.1) is 0 Å². The molecule has 1 amide bonds. The summed E-state index contributed by atoms with van der Waals surface area (Å²) in [5.74, 6) is -0.125. The second-order valence-electron chi connectivity index (χ2n) is 10.7. The fraction of sp³-hybridized carbons (Fsp3) is 0.303. The third kappa shape index (κ3) is 5.93. The lowest BCUT2D eigenvalue weighted by atomic mass is 10.0. The topological polar surface area (TPSA) is 70.5 Å². The zero-order valence-corrected chi connectivity index (χ0v) is 23.8. The van der Waals surface area contributed by atoms with E-state index in [2.05, 4.69) is 59.3 Å². The van der Waals surface area contributed by atoms with Crippen LogP contribution in [-0.2, 0) is 17.8 Å². The molecule has 0 fully saturated rings. The number of ketones is 1. The highest BCUT2D eigenvalue weighted by Crippen LogP contribution is 2.32. The van der Waals surface area contributed by atoms with E-state index in [0.29, 0.717) is 11.4 Å². The summed E-state index contributed by atoms with van der Waals surface area (Å²) in [6.45, 7) is 6.64. The van der Waals surface area contributed by atoms with Crippen LogP contribution in [0.2, 0.25) is 0 Å². The number of Topliss-reactive ketones (excluding diaryl/α,β-unsaturated/α-hetero) is 1. The number of aryl methyl sites for hydroxylation is 3. The minimum atomic E-state index is -0.617. The number of carbonyl (C=O) groups excluding carboxylic acids is 2. The smallest absolute Gasteiger partial charge is 0.298 e. The van der Waals surface area contributed by atoms with Crippen molar-refractivity contribution in [2.24, 2.45) is 0 Å². The molecule has 2 aromatic carbocycles. The van der Waals surface area contributed by atoms with Crippen LogP contribution < -0.4 is 15.1 Å². The molecule has 0 atom stereocenters. The molecule has 7 heteroatoms. The number of fused-ring (bicyclic) bond motifs is 1. The highest BCUT2D eigenvalue weighted by molar-refractivity contribution is 6.47. The van der Waals surface area contributed by atoms with Crippen LogP contribution in [0.3, 0.4) is 0 Å². The minimum Gasteiger partial charge on any atom is -0.375 e. The van der Waals surface area contributed by atoms with Crippen molar-refractivity contribution in [3.63, 3.8) is 0 Å². The molecule has 1 N–H and O–H groups in total. The Bertz CT molecular complexity index is 1490. The molecule has 1 aliphatic rings. The molecule has 1 aliphatic heterocycles. The Balaban J connectivity index is 1.19. The lowest BCUT2D eigenvalue weighted by Gasteiger charge is -2.23. The normalized spacial score (nSPS) is 12.2. The molecule has 206 valence electrons. The van der Waals surface area contributed by atoms with E-state index in [0.717, 1.165) is 72.9 Å². The van der Waals surface area contributed by atoms with Crippen LogP contribution in [0.1, 0.15) is 40.3 Å². The van der Waals surface area contributed by atoms with Gasteiger partial charge >= 0.3 is 0 Å². The summed E-state index contributed by atoms with van der Waals surface area (Å²) in [4.78, 5) is 35.5. The molecule has 0 unspecified atom stereocenters. The molecular weight excluding hydrogens is 498 g/mol. The Morgan fingerprint density at radius 1 is 0.925 bits per heavy atom. The molecule has 5 rings (SSSR count). The summed E-state index contributed by atoms with van der Waals surface area (Å²) in [6, 6.07) is 23.7. The number of amides is 1. The lowest BCUT2D eigenvalue weighted by Crippen LogP contribution is -2.26. The maximum Gasteiger partial charge on any atom is 0.298 e. The lowest BCUT2D eigenvalue weighted by molar-refractivity contribution is -0.112. The van der Waals surface area contributed by atoms with Gasteiger partial charge in [0, 0.05) is 62.1 Å². The van der Waals surface area contributed by atoms with Gasteiger partial charge in [-0.3, -0.25) is 9.59 Å². The summed E-state index contributed by atoms with van der Waals surface area (Å²) in [5, 5.41) is 2.82. The standard InChI is InChI=1S/C33H37N5O2/c1-23-20-24(2)34-30(21-23)37(4)18-9-17-36(3)27-15-13-26(14-16-27)35-33(40)32(39)31-29(25-10-6-5-7-11-25)22-28-12-8-19-38(28)31/h5-7,10-11,13-16,20-22H,8-9,12,17-19H2,1-4H3,(H,35,40). The van der Waals surface area contributed by atoms with Crippen molar-refractivity contribution in [3.8, 4) is 11.1 Å². The van der Waals surface area contributed by atoms with Gasteiger partial charge in [0.1, 0.15) is 11.5 Å². The monoisotopic (exact) mass is 535 g/mol. The summed E-state index contributed by atoms with van der Waals surface area (Å²) in [5.41, 5.74) is 7.26. The number of pyridine rings is 1. The van der Waals surface area contributed by atoms with E-state index >= 15 is 0 Å². The summed E-state index contributed by atoms with van der Waals surface area (Å²) in [6.07, 6.45) is 2.88. The SMILES string of the molecule is Cc1cc(C)nc(N(C)CCCN(C)c2ccc(NC(=O)C(=O)c3c(-c4ccccc4)cc4n3CCC4)cc2)c1. The van der Waals surface area contributed by atoms with E-state index in [1.165, 1.54) is 5.56 Å². The number of carbonyl (C=O) groups is 2. The first kappa shape index (κ1) is 27.2. The molecule has 40 heavy (non-hydrogen) atoms. The molecule has 0 saturated heterocycles. The van der Waals surface area contributed by atoms with Gasteiger partial charge in [-0.1, -0.05) is 30.3 Å². The average Bonchev–Trinajstić information content (AvgIpc) is 3.54. The first-order chi connectivity index (χ1) is 19.3. The Labute approximate surface area is 236 Å².